The average molecular weight is 526 g/mol. The molecule has 0 spiro atoms. The van der Waals surface area contributed by atoms with Gasteiger partial charge in [0.15, 0.2) is 5.82 Å². The normalized spacial score (nSPS) is 24.3. The van der Waals surface area contributed by atoms with E-state index in [2.05, 4.69) is 16.5 Å². The zero-order valence-electron chi connectivity index (χ0n) is 21.3. The number of nitrogens with zero attached hydrogens (tertiary/aromatic N) is 5. The largest absolute Gasteiger partial charge is 0.365 e. The van der Waals surface area contributed by atoms with Gasteiger partial charge in [-0.1, -0.05) is 54.6 Å². The number of alkyl halides is 1. The average Bonchev–Trinajstić information content (AvgIpc) is 3.62. The summed E-state index contributed by atoms with van der Waals surface area (Å²) in [5.41, 5.74) is 7.42. The van der Waals surface area contributed by atoms with Crippen molar-refractivity contribution in [2.24, 2.45) is 17.6 Å². The van der Waals surface area contributed by atoms with Gasteiger partial charge in [0.05, 0.1) is 30.4 Å². The summed E-state index contributed by atoms with van der Waals surface area (Å²) in [6, 6.07) is 22.3. The van der Waals surface area contributed by atoms with Gasteiger partial charge in [-0.3, -0.25) is 19.2 Å². The number of primary amides is 1. The minimum absolute atomic E-state index is 0.0667. The van der Waals surface area contributed by atoms with E-state index in [4.69, 9.17) is 11.0 Å². The van der Waals surface area contributed by atoms with Crippen LogP contribution in [0.5, 0.6) is 0 Å². The Morgan fingerprint density at radius 3 is 2.46 bits per heavy atom. The number of rotatable bonds is 8. The number of nitrogens with one attached hydrogen (secondary N) is 1. The van der Waals surface area contributed by atoms with Crippen LogP contribution in [-0.4, -0.2) is 45.8 Å². The molecule has 1 saturated heterocycles. The fourth-order valence-corrected chi connectivity index (χ4v) is 5.22. The summed E-state index contributed by atoms with van der Waals surface area (Å²) < 4.78 is 17.2. The van der Waals surface area contributed by atoms with E-state index in [1.807, 2.05) is 65.6 Å². The van der Waals surface area contributed by atoms with E-state index in [0.717, 1.165) is 16.7 Å². The van der Waals surface area contributed by atoms with Crippen molar-refractivity contribution in [2.45, 2.75) is 37.5 Å². The summed E-state index contributed by atoms with van der Waals surface area (Å²) in [5, 5.41) is 25.5. The molecule has 0 bridgehead atoms. The van der Waals surface area contributed by atoms with E-state index in [0.29, 0.717) is 19.5 Å². The maximum absolute atomic E-state index is 16.0. The smallest absolute Gasteiger partial charge is 0.254 e. The van der Waals surface area contributed by atoms with Crippen LogP contribution >= 0.6 is 0 Å². The molecular formula is C29H28FN7O2. The van der Waals surface area contributed by atoms with Crippen molar-refractivity contribution in [3.8, 4) is 23.3 Å². The summed E-state index contributed by atoms with van der Waals surface area (Å²) in [5.74, 6) is -2.20. The van der Waals surface area contributed by atoms with Crippen molar-refractivity contribution < 1.29 is 14.0 Å². The molecule has 2 aromatic carbocycles. The number of aromatic nitrogens is 2. The second-order valence-corrected chi connectivity index (χ2v) is 10.2. The van der Waals surface area contributed by atoms with Gasteiger partial charge in [-0.2, -0.15) is 15.6 Å². The number of likely N-dealkylation sites (tertiary alicyclic amines) is 1. The molecule has 2 fully saturated rings. The number of hydrogen-bond donors (Lipinski definition) is 2. The Hall–Kier alpha value is -4.54. The number of carbonyl (C=O) groups is 2. The Kier molecular flexibility index (Phi) is 7.14. The number of amides is 2. The van der Waals surface area contributed by atoms with E-state index in [-0.39, 0.29) is 36.7 Å². The molecule has 2 heterocycles. The molecule has 1 aliphatic carbocycles. The minimum atomic E-state index is -1.47. The SMILES string of the molecule is N#CCC1(n2cc(C(N)=O)c(NC(=O)C3CC3C#N)n2)CCN(Cc2ccc(-c3ccccc3)cc2)CC1F. The van der Waals surface area contributed by atoms with Crippen LogP contribution in [0.25, 0.3) is 11.1 Å². The first-order chi connectivity index (χ1) is 18.8. The highest BCUT2D eigenvalue weighted by Crippen LogP contribution is 2.40. The number of halogens is 1. The van der Waals surface area contributed by atoms with Crippen LogP contribution in [-0.2, 0) is 16.9 Å². The standard InChI is InChI=1S/C29H28FN7O2/c30-25-18-36(16-19-6-8-21(9-7-19)20-4-2-1-3-5-20)13-11-29(25,10-12-31)37-17-24(26(33)38)27(35-37)34-28(39)23-14-22(23)15-32/h1-9,17,22-23,25H,10-11,13-14,16,18H2,(H2,33,38)(H,34,35,39). The first kappa shape index (κ1) is 26.1. The number of nitrogens with two attached hydrogens (primary N) is 1. The Morgan fingerprint density at radius 2 is 1.85 bits per heavy atom. The maximum Gasteiger partial charge on any atom is 0.254 e. The van der Waals surface area contributed by atoms with Crippen molar-refractivity contribution in [3.63, 3.8) is 0 Å². The van der Waals surface area contributed by atoms with Crippen LogP contribution in [0.2, 0.25) is 0 Å². The van der Waals surface area contributed by atoms with Crippen molar-refractivity contribution >= 4 is 17.6 Å². The van der Waals surface area contributed by atoms with Gasteiger partial charge in [0.25, 0.3) is 5.91 Å². The molecule has 3 N–H and O–H groups in total. The molecule has 9 nitrogen and oxygen atoms in total. The van der Waals surface area contributed by atoms with Crippen LogP contribution in [0.3, 0.4) is 0 Å². The number of nitriles is 2. The molecule has 3 aromatic rings. The third-order valence-corrected chi connectivity index (χ3v) is 7.69. The van der Waals surface area contributed by atoms with Crippen LogP contribution < -0.4 is 11.1 Å². The van der Waals surface area contributed by atoms with Gasteiger partial charge in [-0.15, -0.1) is 0 Å². The summed E-state index contributed by atoms with van der Waals surface area (Å²) >= 11 is 0. The Bertz CT molecular complexity index is 1460. The quantitative estimate of drug-likeness (QED) is 0.460. The lowest BCUT2D eigenvalue weighted by atomic mass is 9.83. The summed E-state index contributed by atoms with van der Waals surface area (Å²) in [4.78, 5) is 26.6. The summed E-state index contributed by atoms with van der Waals surface area (Å²) in [6.07, 6.45) is 0.389. The van der Waals surface area contributed by atoms with E-state index >= 15 is 4.39 Å². The van der Waals surface area contributed by atoms with Crippen molar-refractivity contribution in [3.05, 3.63) is 71.9 Å². The molecular weight excluding hydrogens is 497 g/mol. The lowest BCUT2D eigenvalue weighted by Crippen LogP contribution is -2.54. The van der Waals surface area contributed by atoms with Crippen LogP contribution in [0, 0.1) is 34.5 Å². The van der Waals surface area contributed by atoms with E-state index in [9.17, 15) is 14.9 Å². The number of carbonyl (C=O) groups excluding carboxylic acids is 2. The molecule has 10 heteroatoms. The van der Waals surface area contributed by atoms with Gasteiger partial charge in [0.1, 0.15) is 17.3 Å². The highest BCUT2D eigenvalue weighted by atomic mass is 19.1. The molecule has 0 radical (unpaired) electrons. The molecule has 2 aliphatic rings. The van der Waals surface area contributed by atoms with Gasteiger partial charge >= 0.3 is 0 Å². The van der Waals surface area contributed by atoms with Gasteiger partial charge in [0, 0.05) is 25.8 Å². The molecule has 5 rings (SSSR count). The number of benzene rings is 2. The number of hydrogen-bond acceptors (Lipinski definition) is 6. The Labute approximate surface area is 225 Å². The third-order valence-electron chi connectivity index (χ3n) is 7.69. The Morgan fingerprint density at radius 1 is 1.13 bits per heavy atom. The summed E-state index contributed by atoms with van der Waals surface area (Å²) in [7, 11) is 0. The second-order valence-electron chi connectivity index (χ2n) is 10.2. The molecule has 4 atom stereocenters. The first-order valence-corrected chi connectivity index (χ1v) is 12.8. The predicted octanol–water partition coefficient (Wildman–Crippen LogP) is 3.60. The third kappa shape index (κ3) is 5.25. The molecule has 4 unspecified atom stereocenters. The fourth-order valence-electron chi connectivity index (χ4n) is 5.22. The molecule has 1 saturated carbocycles. The maximum atomic E-state index is 16.0. The van der Waals surface area contributed by atoms with E-state index in [1.54, 1.807) is 0 Å². The van der Waals surface area contributed by atoms with Crippen molar-refractivity contribution in [1.82, 2.24) is 14.7 Å². The molecule has 1 aromatic heterocycles. The van der Waals surface area contributed by atoms with Crippen molar-refractivity contribution in [1.29, 1.82) is 10.5 Å². The van der Waals surface area contributed by atoms with Gasteiger partial charge in [0.2, 0.25) is 5.91 Å². The zero-order valence-corrected chi connectivity index (χ0v) is 21.3. The van der Waals surface area contributed by atoms with E-state index in [1.165, 1.54) is 10.9 Å². The zero-order chi connectivity index (χ0) is 27.6. The fraction of sp³-hybridized carbons (Fsp3) is 0.345. The highest BCUT2D eigenvalue weighted by molar-refractivity contribution is 6.03. The monoisotopic (exact) mass is 525 g/mol. The van der Waals surface area contributed by atoms with E-state index < -0.39 is 29.4 Å². The molecule has 39 heavy (non-hydrogen) atoms. The Balaban J connectivity index is 1.31. The van der Waals surface area contributed by atoms with Gasteiger partial charge < -0.3 is 11.1 Å². The second kappa shape index (κ2) is 10.7. The molecule has 2 amide bonds. The lowest BCUT2D eigenvalue weighted by Gasteiger charge is -2.43. The predicted molar refractivity (Wildman–Crippen MR) is 141 cm³/mol. The van der Waals surface area contributed by atoms with Gasteiger partial charge in [-0.05, 0) is 29.5 Å². The van der Waals surface area contributed by atoms with Crippen LogP contribution in [0.4, 0.5) is 10.2 Å². The molecule has 1 aliphatic heterocycles. The van der Waals surface area contributed by atoms with Crippen LogP contribution in [0.1, 0.15) is 35.2 Å². The lowest BCUT2D eigenvalue weighted by molar-refractivity contribution is -0.117. The topological polar surface area (TPSA) is 141 Å². The van der Waals surface area contributed by atoms with Gasteiger partial charge in [-0.25, -0.2) is 4.39 Å². The van der Waals surface area contributed by atoms with Crippen molar-refractivity contribution in [2.75, 3.05) is 18.4 Å². The van der Waals surface area contributed by atoms with Crippen LogP contribution in [0.15, 0.2) is 60.8 Å². The number of anilines is 1. The summed E-state index contributed by atoms with van der Waals surface area (Å²) in [6.45, 7) is 1.12. The highest BCUT2D eigenvalue weighted by Gasteiger charge is 2.47. The minimum Gasteiger partial charge on any atom is -0.365 e. The number of piperidine rings is 1. The molecule has 198 valence electrons. The first-order valence-electron chi connectivity index (χ1n) is 12.8.